The number of amides is 1. The summed E-state index contributed by atoms with van der Waals surface area (Å²) in [6, 6.07) is 20.0. The number of benzene rings is 2. The number of hydrogen-bond acceptors (Lipinski definition) is 7. The van der Waals surface area contributed by atoms with E-state index in [9.17, 15) is 4.79 Å². The van der Waals surface area contributed by atoms with Gasteiger partial charge in [0.15, 0.2) is 5.82 Å². The first-order valence-corrected chi connectivity index (χ1v) is 8.83. The van der Waals surface area contributed by atoms with Crippen LogP contribution in [0.25, 0.3) is 0 Å². The van der Waals surface area contributed by atoms with Gasteiger partial charge in [-0.1, -0.05) is 23.4 Å². The van der Waals surface area contributed by atoms with E-state index in [1.54, 1.807) is 13.0 Å². The number of carbonyl (C=O) groups excluding carboxylic acids is 1. The van der Waals surface area contributed by atoms with Gasteiger partial charge < -0.3 is 19.9 Å². The van der Waals surface area contributed by atoms with Gasteiger partial charge in [0, 0.05) is 18.0 Å². The largest absolute Gasteiger partial charge is 0.457 e. The van der Waals surface area contributed by atoms with E-state index in [0.717, 1.165) is 11.4 Å². The second-order valence-electron chi connectivity index (χ2n) is 6.11. The molecular weight excluding hydrogens is 370 g/mol. The minimum absolute atomic E-state index is 0.201. The average molecular weight is 387 g/mol. The Morgan fingerprint density at radius 2 is 1.76 bits per heavy atom. The Hall–Kier alpha value is -4.20. The first-order valence-electron chi connectivity index (χ1n) is 8.83. The van der Waals surface area contributed by atoms with Crippen molar-refractivity contribution in [2.75, 3.05) is 10.6 Å². The van der Waals surface area contributed by atoms with Crippen LogP contribution in [0.2, 0.25) is 0 Å². The zero-order valence-electron chi connectivity index (χ0n) is 15.5. The number of hydrogen-bond donors (Lipinski definition) is 2. The lowest BCUT2D eigenvalue weighted by Gasteiger charge is -2.08. The molecule has 8 nitrogen and oxygen atoms in total. The molecule has 0 unspecified atom stereocenters. The number of para-hydroxylation sites is 1. The fraction of sp³-hybridized carbons (Fsp3) is 0.0476. The van der Waals surface area contributed by atoms with Gasteiger partial charge in [0.05, 0.1) is 0 Å². The fourth-order valence-electron chi connectivity index (χ4n) is 2.51. The van der Waals surface area contributed by atoms with Crippen LogP contribution >= 0.6 is 0 Å². The van der Waals surface area contributed by atoms with Crippen LogP contribution in [0.4, 0.5) is 17.5 Å². The zero-order chi connectivity index (χ0) is 20.1. The lowest BCUT2D eigenvalue weighted by molar-refractivity contribution is 0.102. The lowest BCUT2D eigenvalue weighted by Crippen LogP contribution is -2.15. The molecule has 8 heteroatoms. The minimum Gasteiger partial charge on any atom is -0.457 e. The van der Waals surface area contributed by atoms with Gasteiger partial charge in [0.25, 0.3) is 5.91 Å². The number of anilines is 3. The lowest BCUT2D eigenvalue weighted by atomic mass is 10.3. The molecule has 4 rings (SSSR count). The van der Waals surface area contributed by atoms with Crippen molar-refractivity contribution in [3.05, 3.63) is 84.4 Å². The number of aryl methyl sites for hydroxylation is 1. The molecule has 0 aliphatic carbocycles. The van der Waals surface area contributed by atoms with E-state index in [0.29, 0.717) is 23.3 Å². The molecule has 0 saturated carbocycles. The molecule has 0 atom stereocenters. The summed E-state index contributed by atoms with van der Waals surface area (Å²) in [5, 5.41) is 9.42. The molecule has 0 aliphatic rings. The Bertz CT molecular complexity index is 1110. The highest BCUT2D eigenvalue weighted by Gasteiger charge is 2.11. The molecule has 29 heavy (non-hydrogen) atoms. The van der Waals surface area contributed by atoms with Crippen molar-refractivity contribution in [3.63, 3.8) is 0 Å². The van der Waals surface area contributed by atoms with Gasteiger partial charge in [-0.05, 0) is 49.4 Å². The zero-order valence-corrected chi connectivity index (χ0v) is 15.5. The van der Waals surface area contributed by atoms with Crippen molar-refractivity contribution in [1.82, 2.24) is 15.1 Å². The molecule has 0 bridgehead atoms. The second kappa shape index (κ2) is 8.22. The molecular formula is C21H17N5O3. The molecule has 2 N–H and O–H groups in total. The van der Waals surface area contributed by atoms with E-state index < -0.39 is 5.91 Å². The van der Waals surface area contributed by atoms with E-state index in [-0.39, 0.29) is 5.69 Å². The summed E-state index contributed by atoms with van der Waals surface area (Å²) in [4.78, 5) is 20.7. The van der Waals surface area contributed by atoms with Gasteiger partial charge in [0.1, 0.15) is 23.0 Å². The quantitative estimate of drug-likeness (QED) is 0.500. The van der Waals surface area contributed by atoms with Gasteiger partial charge in [-0.25, -0.2) is 9.97 Å². The monoisotopic (exact) mass is 387 g/mol. The van der Waals surface area contributed by atoms with Gasteiger partial charge in [-0.3, -0.25) is 4.79 Å². The molecule has 4 aromatic rings. The van der Waals surface area contributed by atoms with E-state index in [1.165, 1.54) is 12.3 Å². The molecule has 1 amide bonds. The maximum atomic E-state index is 12.3. The summed E-state index contributed by atoms with van der Waals surface area (Å²) in [6.07, 6.45) is 1.51. The van der Waals surface area contributed by atoms with Crippen LogP contribution in [0, 0.1) is 6.92 Å². The summed E-state index contributed by atoms with van der Waals surface area (Å²) < 4.78 is 10.7. The van der Waals surface area contributed by atoms with E-state index in [1.807, 2.05) is 54.6 Å². The summed E-state index contributed by atoms with van der Waals surface area (Å²) >= 11 is 0. The van der Waals surface area contributed by atoms with E-state index >= 15 is 0 Å². The Balaban J connectivity index is 1.41. The third-order valence-corrected chi connectivity index (χ3v) is 3.85. The predicted molar refractivity (Wildman–Crippen MR) is 107 cm³/mol. The third kappa shape index (κ3) is 4.75. The van der Waals surface area contributed by atoms with Crippen molar-refractivity contribution in [1.29, 1.82) is 0 Å². The highest BCUT2D eigenvalue weighted by molar-refractivity contribution is 6.02. The van der Waals surface area contributed by atoms with Crippen LogP contribution in [0.15, 0.2) is 77.4 Å². The molecule has 0 radical (unpaired) electrons. The Morgan fingerprint density at radius 1 is 1.00 bits per heavy atom. The average Bonchev–Trinajstić information content (AvgIpc) is 3.15. The SMILES string of the molecule is Cc1cc(NC(=O)c2ccnc(Nc3ccc(Oc4ccccc4)cc3)n2)no1. The van der Waals surface area contributed by atoms with Crippen molar-refractivity contribution >= 4 is 23.4 Å². The van der Waals surface area contributed by atoms with Crippen LogP contribution in [-0.4, -0.2) is 21.0 Å². The first kappa shape index (κ1) is 18.2. The van der Waals surface area contributed by atoms with Crippen LogP contribution in [0.3, 0.4) is 0 Å². The molecule has 2 heterocycles. The maximum absolute atomic E-state index is 12.3. The van der Waals surface area contributed by atoms with Crippen molar-refractivity contribution < 1.29 is 14.1 Å². The Morgan fingerprint density at radius 3 is 2.48 bits per heavy atom. The van der Waals surface area contributed by atoms with Crippen LogP contribution in [0.1, 0.15) is 16.2 Å². The highest BCUT2D eigenvalue weighted by atomic mass is 16.5. The molecule has 0 spiro atoms. The normalized spacial score (nSPS) is 10.4. The molecule has 0 fully saturated rings. The summed E-state index contributed by atoms with van der Waals surface area (Å²) in [6.45, 7) is 1.74. The van der Waals surface area contributed by atoms with Gasteiger partial charge in [-0.15, -0.1) is 0 Å². The topological polar surface area (TPSA) is 102 Å². The number of aromatic nitrogens is 3. The predicted octanol–water partition coefficient (Wildman–Crippen LogP) is 4.56. The van der Waals surface area contributed by atoms with Crippen molar-refractivity contribution in [2.24, 2.45) is 0 Å². The number of rotatable bonds is 6. The number of nitrogens with one attached hydrogen (secondary N) is 2. The fourth-order valence-corrected chi connectivity index (χ4v) is 2.51. The molecule has 2 aromatic heterocycles. The van der Waals surface area contributed by atoms with Crippen LogP contribution < -0.4 is 15.4 Å². The number of nitrogens with zero attached hydrogens (tertiary/aromatic N) is 3. The molecule has 0 saturated heterocycles. The van der Waals surface area contributed by atoms with Crippen molar-refractivity contribution in [3.8, 4) is 11.5 Å². The Kier molecular flexibility index (Phi) is 5.15. The second-order valence-corrected chi connectivity index (χ2v) is 6.11. The Labute approximate surface area is 166 Å². The smallest absolute Gasteiger partial charge is 0.275 e. The first-order chi connectivity index (χ1) is 14.2. The van der Waals surface area contributed by atoms with E-state index in [2.05, 4.69) is 25.8 Å². The highest BCUT2D eigenvalue weighted by Crippen LogP contribution is 2.23. The third-order valence-electron chi connectivity index (χ3n) is 3.85. The maximum Gasteiger partial charge on any atom is 0.275 e. The van der Waals surface area contributed by atoms with Gasteiger partial charge >= 0.3 is 0 Å². The molecule has 0 aliphatic heterocycles. The molecule has 2 aromatic carbocycles. The van der Waals surface area contributed by atoms with Gasteiger partial charge in [0.2, 0.25) is 5.95 Å². The summed E-state index contributed by atoms with van der Waals surface area (Å²) in [5.41, 5.74) is 0.960. The number of carbonyl (C=O) groups is 1. The molecule has 144 valence electrons. The van der Waals surface area contributed by atoms with Gasteiger partial charge in [-0.2, -0.15) is 0 Å². The van der Waals surface area contributed by atoms with E-state index in [4.69, 9.17) is 9.26 Å². The van der Waals surface area contributed by atoms with Crippen LogP contribution in [-0.2, 0) is 0 Å². The van der Waals surface area contributed by atoms with Crippen molar-refractivity contribution in [2.45, 2.75) is 6.92 Å². The minimum atomic E-state index is -0.407. The summed E-state index contributed by atoms with van der Waals surface area (Å²) in [5.74, 6) is 2.29. The standard InChI is InChI=1S/C21H17N5O3/c1-14-13-19(26-29-14)25-20(27)18-11-12-22-21(24-18)23-15-7-9-17(10-8-15)28-16-5-3-2-4-6-16/h2-13H,1H3,(H,22,23,24)(H,25,26,27). The summed E-state index contributed by atoms with van der Waals surface area (Å²) in [7, 11) is 0. The number of ether oxygens (including phenoxy) is 1. The van der Waals surface area contributed by atoms with Crippen LogP contribution in [0.5, 0.6) is 11.5 Å².